The van der Waals surface area contributed by atoms with Crippen molar-refractivity contribution in [1.82, 2.24) is 14.9 Å². The van der Waals surface area contributed by atoms with E-state index >= 15 is 0 Å². The lowest BCUT2D eigenvalue weighted by molar-refractivity contribution is 0.0954. The molecule has 1 aromatic heterocycles. The van der Waals surface area contributed by atoms with Gasteiger partial charge in [-0.15, -0.1) is 0 Å². The fourth-order valence-electron chi connectivity index (χ4n) is 2.67. The molecule has 1 N–H and O–H groups in total. The lowest BCUT2D eigenvalue weighted by Gasteiger charge is -2.09. The van der Waals surface area contributed by atoms with Gasteiger partial charge in [-0.3, -0.25) is 4.79 Å². The summed E-state index contributed by atoms with van der Waals surface area (Å²) in [7, 11) is 0. The highest BCUT2D eigenvalue weighted by molar-refractivity contribution is 7.99. The van der Waals surface area contributed by atoms with Crippen LogP contribution in [-0.2, 0) is 13.0 Å². The van der Waals surface area contributed by atoms with Gasteiger partial charge in [0, 0.05) is 42.4 Å². The van der Waals surface area contributed by atoms with Crippen molar-refractivity contribution in [2.24, 2.45) is 0 Å². The van der Waals surface area contributed by atoms with Crippen molar-refractivity contribution in [2.45, 2.75) is 23.6 Å². The molecule has 0 bridgehead atoms. The minimum atomic E-state index is -2.47. The zero-order valence-corrected chi connectivity index (χ0v) is 15.3. The second kappa shape index (κ2) is 9.32. The minimum absolute atomic E-state index is 0.232. The number of nitrogens with zero attached hydrogens (tertiary/aromatic N) is 2. The minimum Gasteiger partial charge on any atom is -0.352 e. The molecule has 3 rings (SSSR count). The van der Waals surface area contributed by atoms with Crippen molar-refractivity contribution in [3.8, 4) is 0 Å². The van der Waals surface area contributed by atoms with Crippen LogP contribution in [0.25, 0.3) is 0 Å². The SMILES string of the molecule is O=C(NCCc1nccn1Cc1ccccc1)c1ccc(SC(F)F)cc1. The summed E-state index contributed by atoms with van der Waals surface area (Å²) in [6.07, 6.45) is 4.27. The summed E-state index contributed by atoms with van der Waals surface area (Å²) in [4.78, 5) is 17.0. The number of benzene rings is 2. The molecule has 0 aliphatic carbocycles. The number of rotatable bonds is 8. The molecule has 0 spiro atoms. The van der Waals surface area contributed by atoms with Crippen LogP contribution in [0.5, 0.6) is 0 Å². The van der Waals surface area contributed by atoms with Gasteiger partial charge in [0.05, 0.1) is 0 Å². The van der Waals surface area contributed by atoms with E-state index < -0.39 is 5.76 Å². The van der Waals surface area contributed by atoms with Gasteiger partial charge in [-0.1, -0.05) is 42.1 Å². The number of carbonyl (C=O) groups is 1. The molecule has 0 aliphatic rings. The predicted molar refractivity (Wildman–Crippen MR) is 102 cm³/mol. The number of hydrogen-bond donors (Lipinski definition) is 1. The molecule has 7 heteroatoms. The molecule has 0 saturated heterocycles. The van der Waals surface area contributed by atoms with Gasteiger partial charge in [-0.25, -0.2) is 4.98 Å². The van der Waals surface area contributed by atoms with E-state index in [1.54, 1.807) is 18.3 Å². The maximum Gasteiger partial charge on any atom is 0.288 e. The zero-order valence-electron chi connectivity index (χ0n) is 14.5. The molecule has 0 unspecified atom stereocenters. The normalized spacial score (nSPS) is 10.9. The average Bonchev–Trinajstić information content (AvgIpc) is 3.09. The van der Waals surface area contributed by atoms with Gasteiger partial charge in [0.15, 0.2) is 0 Å². The van der Waals surface area contributed by atoms with Gasteiger partial charge >= 0.3 is 0 Å². The largest absolute Gasteiger partial charge is 0.352 e. The summed E-state index contributed by atoms with van der Waals surface area (Å²) in [5.41, 5.74) is 1.63. The molecule has 140 valence electrons. The van der Waals surface area contributed by atoms with E-state index in [0.717, 1.165) is 12.4 Å². The van der Waals surface area contributed by atoms with E-state index in [1.165, 1.54) is 17.7 Å². The highest BCUT2D eigenvalue weighted by Gasteiger charge is 2.09. The van der Waals surface area contributed by atoms with E-state index in [0.29, 0.717) is 35.2 Å². The van der Waals surface area contributed by atoms with E-state index in [4.69, 9.17) is 0 Å². The number of imidazole rings is 1. The van der Waals surface area contributed by atoms with Crippen LogP contribution < -0.4 is 5.32 Å². The quantitative estimate of drug-likeness (QED) is 0.589. The topological polar surface area (TPSA) is 46.9 Å². The monoisotopic (exact) mass is 387 g/mol. The molecule has 1 amide bonds. The second-order valence-electron chi connectivity index (χ2n) is 5.87. The lowest BCUT2D eigenvalue weighted by atomic mass is 10.2. The first-order valence-electron chi connectivity index (χ1n) is 8.49. The Morgan fingerprint density at radius 3 is 2.56 bits per heavy atom. The third kappa shape index (κ3) is 5.65. The third-order valence-corrected chi connectivity index (χ3v) is 4.70. The number of carbonyl (C=O) groups excluding carboxylic acids is 1. The number of halogens is 2. The van der Waals surface area contributed by atoms with Crippen LogP contribution in [0, 0.1) is 0 Å². The Balaban J connectivity index is 1.51. The number of amides is 1. The average molecular weight is 387 g/mol. The molecule has 27 heavy (non-hydrogen) atoms. The summed E-state index contributed by atoms with van der Waals surface area (Å²) in [5.74, 6) is -1.81. The van der Waals surface area contributed by atoms with E-state index in [2.05, 4.69) is 27.0 Å². The van der Waals surface area contributed by atoms with Crippen molar-refractivity contribution in [3.63, 3.8) is 0 Å². The highest BCUT2D eigenvalue weighted by Crippen LogP contribution is 2.25. The van der Waals surface area contributed by atoms with Gasteiger partial charge < -0.3 is 9.88 Å². The fraction of sp³-hybridized carbons (Fsp3) is 0.200. The van der Waals surface area contributed by atoms with Crippen LogP contribution in [-0.4, -0.2) is 27.8 Å². The van der Waals surface area contributed by atoms with Crippen LogP contribution in [0.4, 0.5) is 8.78 Å². The van der Waals surface area contributed by atoms with Gasteiger partial charge in [-0.05, 0) is 29.8 Å². The smallest absolute Gasteiger partial charge is 0.288 e. The summed E-state index contributed by atoms with van der Waals surface area (Å²) in [6, 6.07) is 16.2. The summed E-state index contributed by atoms with van der Waals surface area (Å²) in [5, 5.41) is 2.84. The van der Waals surface area contributed by atoms with E-state index in [1.807, 2.05) is 24.4 Å². The molecule has 0 saturated carbocycles. The maximum absolute atomic E-state index is 12.3. The lowest BCUT2D eigenvalue weighted by Crippen LogP contribution is -2.26. The summed E-state index contributed by atoms with van der Waals surface area (Å²) < 4.78 is 26.7. The Labute approximate surface area is 160 Å². The molecule has 2 aromatic carbocycles. The predicted octanol–water partition coefficient (Wildman–Crippen LogP) is 4.22. The van der Waals surface area contributed by atoms with Gasteiger partial charge in [0.25, 0.3) is 11.7 Å². The van der Waals surface area contributed by atoms with Crippen molar-refractivity contribution in [2.75, 3.05) is 6.54 Å². The summed E-state index contributed by atoms with van der Waals surface area (Å²) in [6.45, 7) is 1.17. The number of hydrogen-bond acceptors (Lipinski definition) is 3. The third-order valence-electron chi connectivity index (χ3n) is 3.97. The molecular formula is C20H19F2N3OS. The Morgan fingerprint density at radius 1 is 1.11 bits per heavy atom. The van der Waals surface area contributed by atoms with Gasteiger partial charge in [0.1, 0.15) is 5.82 Å². The molecule has 3 aromatic rings. The van der Waals surface area contributed by atoms with Crippen LogP contribution in [0.2, 0.25) is 0 Å². The van der Waals surface area contributed by atoms with Gasteiger partial charge in [0.2, 0.25) is 0 Å². The fourth-order valence-corrected chi connectivity index (χ4v) is 3.17. The summed E-state index contributed by atoms with van der Waals surface area (Å²) >= 11 is 0.461. The van der Waals surface area contributed by atoms with Crippen molar-refractivity contribution >= 4 is 17.7 Å². The number of aromatic nitrogens is 2. The molecule has 0 atom stereocenters. The van der Waals surface area contributed by atoms with Crippen LogP contribution in [0.3, 0.4) is 0 Å². The van der Waals surface area contributed by atoms with Crippen molar-refractivity contribution < 1.29 is 13.6 Å². The van der Waals surface area contributed by atoms with Crippen LogP contribution >= 0.6 is 11.8 Å². The maximum atomic E-state index is 12.3. The molecule has 0 fully saturated rings. The van der Waals surface area contributed by atoms with E-state index in [9.17, 15) is 13.6 Å². The molecule has 1 heterocycles. The standard InChI is InChI=1S/C20H19F2N3OS/c21-20(22)27-17-8-6-16(7-9-17)19(26)24-11-10-18-23-12-13-25(18)14-15-4-2-1-3-5-15/h1-9,12-13,20H,10-11,14H2,(H,24,26). The molecule has 0 radical (unpaired) electrons. The Kier molecular flexibility index (Phi) is 6.59. The molecule has 4 nitrogen and oxygen atoms in total. The van der Waals surface area contributed by atoms with Crippen LogP contribution in [0.15, 0.2) is 71.9 Å². The number of nitrogens with one attached hydrogen (secondary N) is 1. The van der Waals surface area contributed by atoms with Crippen LogP contribution in [0.1, 0.15) is 21.7 Å². The Morgan fingerprint density at radius 2 is 1.85 bits per heavy atom. The molecular weight excluding hydrogens is 368 g/mol. The first kappa shape index (κ1) is 19.1. The number of alkyl halides is 2. The van der Waals surface area contributed by atoms with Gasteiger partial charge in [-0.2, -0.15) is 8.78 Å². The first-order chi connectivity index (χ1) is 13.1. The Hall–Kier alpha value is -2.67. The molecule has 0 aliphatic heterocycles. The van der Waals surface area contributed by atoms with E-state index in [-0.39, 0.29) is 5.91 Å². The first-order valence-corrected chi connectivity index (χ1v) is 9.37. The highest BCUT2D eigenvalue weighted by atomic mass is 32.2. The number of thioether (sulfide) groups is 1. The van der Waals surface area contributed by atoms with Crippen molar-refractivity contribution in [1.29, 1.82) is 0 Å². The Bertz CT molecular complexity index is 866. The second-order valence-corrected chi connectivity index (χ2v) is 6.93. The van der Waals surface area contributed by atoms with Crippen molar-refractivity contribution in [3.05, 3.63) is 83.9 Å². The zero-order chi connectivity index (χ0) is 19.1.